The maximum atomic E-state index is 13.3. The summed E-state index contributed by atoms with van der Waals surface area (Å²) in [6.07, 6.45) is 4.97. The number of carbonyl (C=O) groups is 1. The molecule has 9 nitrogen and oxygen atoms in total. The summed E-state index contributed by atoms with van der Waals surface area (Å²) in [5, 5.41) is 29.9. The summed E-state index contributed by atoms with van der Waals surface area (Å²) in [6.45, 7) is 6.70. The molecule has 0 fully saturated rings. The molecule has 234 valence electrons. The molecule has 11 heteroatoms. The molecule has 0 saturated carbocycles. The summed E-state index contributed by atoms with van der Waals surface area (Å²) in [5.41, 5.74) is 5.26. The molecule has 0 saturated heterocycles. The molecule has 3 N–H and O–H groups in total. The predicted octanol–water partition coefficient (Wildman–Crippen LogP) is 7.92. The Labute approximate surface area is 276 Å². The van der Waals surface area contributed by atoms with Crippen LogP contribution in [0.3, 0.4) is 0 Å². The molecule has 0 spiro atoms. The Morgan fingerprint density at radius 1 is 0.957 bits per heavy atom. The lowest BCUT2D eigenvalue weighted by Crippen LogP contribution is -2.29. The lowest BCUT2D eigenvalue weighted by Gasteiger charge is -2.18. The number of urea groups is 1. The summed E-state index contributed by atoms with van der Waals surface area (Å²) < 4.78 is 3.44. The zero-order valence-corrected chi connectivity index (χ0v) is 27.7. The second-order valence-electron chi connectivity index (χ2n) is 11.2. The Kier molecular flexibility index (Phi) is 9.05. The van der Waals surface area contributed by atoms with E-state index in [4.69, 9.17) is 5.10 Å². The fourth-order valence-corrected chi connectivity index (χ4v) is 6.20. The minimum atomic E-state index is -0.321. The fourth-order valence-electron chi connectivity index (χ4n) is 4.93. The molecule has 6 rings (SSSR count). The number of thioether (sulfide) groups is 1. The third-order valence-corrected chi connectivity index (χ3v) is 10.2. The molecule has 6 aromatic rings. The molecule has 0 aliphatic carbocycles. The zero-order chi connectivity index (χ0) is 32.3. The van der Waals surface area contributed by atoms with E-state index in [0.717, 1.165) is 33.2 Å². The first-order valence-electron chi connectivity index (χ1n) is 14.9. The maximum absolute atomic E-state index is 13.3. The van der Waals surface area contributed by atoms with Crippen molar-refractivity contribution >= 4 is 41.0 Å². The summed E-state index contributed by atoms with van der Waals surface area (Å²) >= 11 is 3.29. The SMILES string of the molecule is CCc1ccc(-n2nc(C(C)(C)SC)cc2NC(=O)NCc2ccccc2Sc2ccc3nnc(-c4ccccc4O)n3c2)cc1. The van der Waals surface area contributed by atoms with E-state index in [9.17, 15) is 9.90 Å². The molecule has 3 heterocycles. The second kappa shape index (κ2) is 13.3. The zero-order valence-electron chi connectivity index (χ0n) is 26.1. The lowest BCUT2D eigenvalue weighted by atomic mass is 10.1. The number of benzene rings is 3. The van der Waals surface area contributed by atoms with Crippen LogP contribution in [0.15, 0.2) is 107 Å². The number of fused-ring (bicyclic) bond motifs is 1. The summed E-state index contributed by atoms with van der Waals surface area (Å²) in [4.78, 5) is 15.2. The van der Waals surface area contributed by atoms with Crippen molar-refractivity contribution in [2.45, 2.75) is 48.3 Å². The van der Waals surface area contributed by atoms with Crippen molar-refractivity contribution in [3.8, 4) is 22.8 Å². The third kappa shape index (κ3) is 6.61. The monoisotopic (exact) mass is 649 g/mol. The molecule has 0 atom stereocenters. The van der Waals surface area contributed by atoms with Crippen molar-refractivity contribution in [2.24, 2.45) is 0 Å². The minimum Gasteiger partial charge on any atom is -0.507 e. The van der Waals surface area contributed by atoms with Crippen molar-refractivity contribution in [1.29, 1.82) is 0 Å². The van der Waals surface area contributed by atoms with Crippen LogP contribution in [-0.2, 0) is 17.7 Å². The molecule has 3 aromatic heterocycles. The van der Waals surface area contributed by atoms with Gasteiger partial charge >= 0.3 is 6.03 Å². The van der Waals surface area contributed by atoms with Gasteiger partial charge in [0.15, 0.2) is 11.5 Å². The highest BCUT2D eigenvalue weighted by molar-refractivity contribution is 7.99. The first kappa shape index (κ1) is 31.3. The highest BCUT2D eigenvalue weighted by Gasteiger charge is 2.25. The number of phenols is 1. The van der Waals surface area contributed by atoms with Crippen molar-refractivity contribution in [3.05, 3.63) is 114 Å². The van der Waals surface area contributed by atoms with Crippen LogP contribution in [-0.4, -0.2) is 41.8 Å². The first-order chi connectivity index (χ1) is 22.3. The van der Waals surface area contributed by atoms with E-state index in [2.05, 4.69) is 60.0 Å². The van der Waals surface area contributed by atoms with Gasteiger partial charge in [0.05, 0.1) is 21.7 Å². The van der Waals surface area contributed by atoms with Crippen LogP contribution < -0.4 is 10.6 Å². The number of rotatable bonds is 10. The van der Waals surface area contributed by atoms with E-state index >= 15 is 0 Å². The van der Waals surface area contributed by atoms with Crippen molar-refractivity contribution in [2.75, 3.05) is 11.6 Å². The smallest absolute Gasteiger partial charge is 0.320 e. The van der Waals surface area contributed by atoms with Crippen molar-refractivity contribution in [1.82, 2.24) is 29.7 Å². The number of aromatic hydroxyl groups is 1. The van der Waals surface area contributed by atoms with Crippen LogP contribution in [0.5, 0.6) is 5.75 Å². The number of nitrogens with one attached hydrogen (secondary N) is 2. The van der Waals surface area contributed by atoms with Gasteiger partial charge in [-0.15, -0.1) is 10.2 Å². The number of para-hydroxylation sites is 1. The number of nitrogens with zero attached hydrogens (tertiary/aromatic N) is 5. The largest absolute Gasteiger partial charge is 0.507 e. The van der Waals surface area contributed by atoms with Crippen LogP contribution in [0.1, 0.15) is 37.6 Å². The normalized spacial score (nSPS) is 11.6. The molecule has 2 amide bonds. The molecule has 46 heavy (non-hydrogen) atoms. The lowest BCUT2D eigenvalue weighted by molar-refractivity contribution is 0.251. The molecule has 0 aliphatic rings. The van der Waals surface area contributed by atoms with E-state index in [1.165, 1.54) is 5.56 Å². The predicted molar refractivity (Wildman–Crippen MR) is 186 cm³/mol. The fraction of sp³-hybridized carbons (Fsp3) is 0.200. The van der Waals surface area contributed by atoms with Gasteiger partial charge < -0.3 is 10.4 Å². The van der Waals surface area contributed by atoms with Gasteiger partial charge in [0.25, 0.3) is 0 Å². The summed E-state index contributed by atoms with van der Waals surface area (Å²) in [7, 11) is 0. The number of aromatic nitrogens is 5. The number of aryl methyl sites for hydroxylation is 1. The molecule has 0 aliphatic heterocycles. The van der Waals surface area contributed by atoms with E-state index in [0.29, 0.717) is 29.4 Å². The Bertz CT molecular complexity index is 2000. The Balaban J connectivity index is 1.20. The minimum absolute atomic E-state index is 0.145. The average Bonchev–Trinajstić information content (AvgIpc) is 3.69. The van der Waals surface area contributed by atoms with Gasteiger partial charge in [0, 0.05) is 28.6 Å². The van der Waals surface area contributed by atoms with E-state index in [1.54, 1.807) is 40.3 Å². The Morgan fingerprint density at radius 2 is 1.72 bits per heavy atom. The maximum Gasteiger partial charge on any atom is 0.320 e. The van der Waals surface area contributed by atoms with Gasteiger partial charge in [-0.3, -0.25) is 9.72 Å². The van der Waals surface area contributed by atoms with Gasteiger partial charge in [-0.25, -0.2) is 9.48 Å². The van der Waals surface area contributed by atoms with Crippen LogP contribution in [0.2, 0.25) is 0 Å². The van der Waals surface area contributed by atoms with E-state index in [-0.39, 0.29) is 16.5 Å². The van der Waals surface area contributed by atoms with Crippen LogP contribution in [0.4, 0.5) is 10.6 Å². The molecule has 3 aromatic carbocycles. The van der Waals surface area contributed by atoms with E-state index < -0.39 is 0 Å². The molecule has 0 bridgehead atoms. The van der Waals surface area contributed by atoms with Crippen molar-refractivity contribution < 1.29 is 9.90 Å². The van der Waals surface area contributed by atoms with Gasteiger partial charge in [0.1, 0.15) is 11.6 Å². The van der Waals surface area contributed by atoms with Crippen LogP contribution in [0, 0.1) is 0 Å². The molecular weight excluding hydrogens is 615 g/mol. The van der Waals surface area contributed by atoms with Gasteiger partial charge in [-0.2, -0.15) is 16.9 Å². The number of phenolic OH excluding ortho intramolecular Hbond substituents is 1. The molecule has 0 radical (unpaired) electrons. The molecular formula is C35H35N7O2S2. The van der Waals surface area contributed by atoms with Gasteiger partial charge in [-0.05, 0) is 80.1 Å². The number of hydrogen-bond donors (Lipinski definition) is 3. The van der Waals surface area contributed by atoms with Crippen molar-refractivity contribution in [3.63, 3.8) is 0 Å². The highest BCUT2D eigenvalue weighted by Crippen LogP contribution is 2.35. The summed E-state index contributed by atoms with van der Waals surface area (Å²) in [6, 6.07) is 28.8. The molecule has 0 unspecified atom stereocenters. The van der Waals surface area contributed by atoms with Gasteiger partial charge in [0.2, 0.25) is 0 Å². The number of anilines is 1. The quantitative estimate of drug-likeness (QED) is 0.138. The highest BCUT2D eigenvalue weighted by atomic mass is 32.2. The number of carbonyl (C=O) groups excluding carboxylic acids is 1. The Hall–Kier alpha value is -4.74. The third-order valence-electron chi connectivity index (χ3n) is 7.83. The standard InChI is InChI=1S/C35H35N7O2S2/c1-5-23-14-16-25(17-15-23)42-32(20-30(40-42)35(2,3)45-4)37-34(44)36-21-24-10-6-9-13-29(24)46-26-18-19-31-38-39-33(41(31)22-26)27-11-7-8-12-28(27)43/h6-20,22,43H,5,21H2,1-4H3,(H2,36,37,44). The average molecular weight is 650 g/mol. The van der Waals surface area contributed by atoms with Crippen LogP contribution >= 0.6 is 23.5 Å². The number of hydrogen-bond acceptors (Lipinski definition) is 7. The van der Waals surface area contributed by atoms with Gasteiger partial charge in [-0.1, -0.05) is 61.2 Å². The number of amides is 2. The van der Waals surface area contributed by atoms with Crippen LogP contribution in [0.25, 0.3) is 22.7 Å². The first-order valence-corrected chi connectivity index (χ1v) is 17.0. The topological polar surface area (TPSA) is 109 Å². The summed E-state index contributed by atoms with van der Waals surface area (Å²) in [5.74, 6) is 1.31. The number of pyridine rings is 1. The second-order valence-corrected chi connectivity index (χ2v) is 13.8. The Morgan fingerprint density at radius 3 is 2.48 bits per heavy atom. The van der Waals surface area contributed by atoms with E-state index in [1.807, 2.05) is 77.3 Å².